The van der Waals surface area contributed by atoms with Crippen LogP contribution in [-0.2, 0) is 0 Å². The van der Waals surface area contributed by atoms with Crippen LogP contribution in [0.5, 0.6) is 5.75 Å². The van der Waals surface area contributed by atoms with Gasteiger partial charge >= 0.3 is 0 Å². The van der Waals surface area contributed by atoms with Crippen molar-refractivity contribution in [1.29, 1.82) is 0 Å². The highest BCUT2D eigenvalue weighted by atomic mass is 16.3. The van der Waals surface area contributed by atoms with Crippen LogP contribution in [0.1, 0.15) is 16.9 Å². The Morgan fingerprint density at radius 3 is 3.00 bits per heavy atom. The molecular weight excluding hydrogens is 194 g/mol. The van der Waals surface area contributed by atoms with Crippen molar-refractivity contribution in [1.82, 2.24) is 9.88 Å². The Morgan fingerprint density at radius 2 is 2.40 bits per heavy atom. The van der Waals surface area contributed by atoms with E-state index in [1.54, 1.807) is 13.1 Å². The predicted molar refractivity (Wildman–Crippen MR) is 56.5 cm³/mol. The number of rotatable bonds is 4. The molecule has 0 saturated carbocycles. The molecule has 0 spiro atoms. The maximum Gasteiger partial charge on any atom is 0.276 e. The molecule has 1 aromatic heterocycles. The van der Waals surface area contributed by atoms with Crippen LogP contribution in [0.15, 0.2) is 18.3 Å². The minimum absolute atomic E-state index is 0.0806. The molecule has 1 amide bonds. The molecule has 3 N–H and O–H groups in total. The highest BCUT2D eigenvalue weighted by Crippen LogP contribution is 2.14. The van der Waals surface area contributed by atoms with Gasteiger partial charge in [0.15, 0.2) is 5.69 Å². The SMILES string of the molecule is CN(CCCN)C(=O)c1ncccc1O. The van der Waals surface area contributed by atoms with Crippen LogP contribution >= 0.6 is 0 Å². The van der Waals surface area contributed by atoms with E-state index in [0.717, 1.165) is 6.42 Å². The summed E-state index contributed by atoms with van der Waals surface area (Å²) in [7, 11) is 1.66. The van der Waals surface area contributed by atoms with E-state index in [-0.39, 0.29) is 17.4 Å². The van der Waals surface area contributed by atoms with E-state index >= 15 is 0 Å². The lowest BCUT2D eigenvalue weighted by Gasteiger charge is -2.16. The number of carbonyl (C=O) groups excluding carboxylic acids is 1. The first-order valence-electron chi connectivity index (χ1n) is 4.76. The first-order chi connectivity index (χ1) is 7.16. The Labute approximate surface area is 88.5 Å². The average molecular weight is 209 g/mol. The number of nitrogens with two attached hydrogens (primary N) is 1. The van der Waals surface area contributed by atoms with Crippen molar-refractivity contribution in [3.8, 4) is 5.75 Å². The van der Waals surface area contributed by atoms with Crippen LogP contribution in [0, 0.1) is 0 Å². The summed E-state index contributed by atoms with van der Waals surface area (Å²) in [4.78, 5) is 17.1. The number of hydrogen-bond donors (Lipinski definition) is 2. The van der Waals surface area contributed by atoms with E-state index in [9.17, 15) is 9.90 Å². The molecule has 0 bridgehead atoms. The van der Waals surface area contributed by atoms with Gasteiger partial charge in [-0.1, -0.05) is 0 Å². The number of nitrogens with zero attached hydrogens (tertiary/aromatic N) is 2. The van der Waals surface area contributed by atoms with Crippen LogP contribution < -0.4 is 5.73 Å². The van der Waals surface area contributed by atoms with E-state index in [4.69, 9.17) is 5.73 Å². The zero-order valence-electron chi connectivity index (χ0n) is 8.68. The standard InChI is InChI=1S/C10H15N3O2/c1-13(7-3-5-11)10(15)9-8(14)4-2-6-12-9/h2,4,6,14H,3,5,7,11H2,1H3. The molecule has 0 aliphatic carbocycles. The van der Waals surface area contributed by atoms with E-state index in [2.05, 4.69) is 4.98 Å². The number of amides is 1. The molecule has 1 heterocycles. The summed E-state index contributed by atoms with van der Waals surface area (Å²) in [6, 6.07) is 3.02. The van der Waals surface area contributed by atoms with Crippen LogP contribution in [0.2, 0.25) is 0 Å². The van der Waals surface area contributed by atoms with Gasteiger partial charge in [-0.15, -0.1) is 0 Å². The fourth-order valence-corrected chi connectivity index (χ4v) is 1.17. The van der Waals surface area contributed by atoms with E-state index in [0.29, 0.717) is 13.1 Å². The monoisotopic (exact) mass is 209 g/mol. The highest BCUT2D eigenvalue weighted by Gasteiger charge is 2.15. The van der Waals surface area contributed by atoms with Gasteiger partial charge in [0.25, 0.3) is 5.91 Å². The summed E-state index contributed by atoms with van der Waals surface area (Å²) in [5.74, 6) is -0.386. The lowest BCUT2D eigenvalue weighted by molar-refractivity contribution is 0.0785. The van der Waals surface area contributed by atoms with Gasteiger partial charge in [-0.05, 0) is 25.1 Å². The van der Waals surface area contributed by atoms with Crippen molar-refractivity contribution in [2.75, 3.05) is 20.1 Å². The molecule has 1 rings (SSSR count). The Bertz CT molecular complexity index is 341. The highest BCUT2D eigenvalue weighted by molar-refractivity contribution is 5.94. The van der Waals surface area contributed by atoms with Gasteiger partial charge in [-0.25, -0.2) is 4.98 Å². The molecule has 0 atom stereocenters. The summed E-state index contributed by atoms with van der Waals surface area (Å²) in [5, 5.41) is 9.42. The summed E-state index contributed by atoms with van der Waals surface area (Å²) in [6.07, 6.45) is 2.21. The largest absolute Gasteiger partial charge is 0.505 e. The minimum Gasteiger partial charge on any atom is -0.505 e. The summed E-state index contributed by atoms with van der Waals surface area (Å²) < 4.78 is 0. The van der Waals surface area contributed by atoms with Gasteiger partial charge in [-0.3, -0.25) is 4.79 Å². The number of hydrogen-bond acceptors (Lipinski definition) is 4. The second kappa shape index (κ2) is 5.31. The fraction of sp³-hybridized carbons (Fsp3) is 0.400. The average Bonchev–Trinajstić information content (AvgIpc) is 2.25. The zero-order valence-corrected chi connectivity index (χ0v) is 8.68. The number of aromatic hydroxyl groups is 1. The van der Waals surface area contributed by atoms with E-state index in [1.807, 2.05) is 0 Å². The van der Waals surface area contributed by atoms with Crippen molar-refractivity contribution in [3.05, 3.63) is 24.0 Å². The molecule has 82 valence electrons. The Morgan fingerprint density at radius 1 is 1.67 bits per heavy atom. The quantitative estimate of drug-likeness (QED) is 0.742. The third-order valence-corrected chi connectivity index (χ3v) is 2.03. The van der Waals surface area contributed by atoms with Gasteiger partial charge < -0.3 is 15.7 Å². The third-order valence-electron chi connectivity index (χ3n) is 2.03. The number of pyridine rings is 1. The molecule has 15 heavy (non-hydrogen) atoms. The lowest BCUT2D eigenvalue weighted by Crippen LogP contribution is -2.29. The van der Waals surface area contributed by atoms with Gasteiger partial charge in [0.2, 0.25) is 0 Å². The Hall–Kier alpha value is -1.62. The normalized spacial score (nSPS) is 10.0. The molecule has 0 aliphatic heterocycles. The molecule has 0 fully saturated rings. The molecular formula is C10H15N3O2. The molecule has 5 heteroatoms. The van der Waals surface area contributed by atoms with Gasteiger partial charge in [-0.2, -0.15) is 0 Å². The van der Waals surface area contributed by atoms with Gasteiger partial charge in [0, 0.05) is 19.8 Å². The van der Waals surface area contributed by atoms with Gasteiger partial charge in [0.05, 0.1) is 0 Å². The lowest BCUT2D eigenvalue weighted by atomic mass is 10.3. The van der Waals surface area contributed by atoms with Crippen molar-refractivity contribution in [2.45, 2.75) is 6.42 Å². The third kappa shape index (κ3) is 2.92. The zero-order chi connectivity index (χ0) is 11.3. The first-order valence-corrected chi connectivity index (χ1v) is 4.76. The van der Waals surface area contributed by atoms with Crippen molar-refractivity contribution < 1.29 is 9.90 Å². The van der Waals surface area contributed by atoms with Crippen molar-refractivity contribution in [2.24, 2.45) is 5.73 Å². The Balaban J connectivity index is 2.72. The van der Waals surface area contributed by atoms with Crippen LogP contribution in [0.25, 0.3) is 0 Å². The molecule has 0 saturated heterocycles. The second-order valence-corrected chi connectivity index (χ2v) is 3.24. The molecule has 0 unspecified atom stereocenters. The number of carbonyl (C=O) groups is 1. The summed E-state index contributed by atoms with van der Waals surface area (Å²) >= 11 is 0. The smallest absolute Gasteiger partial charge is 0.276 e. The van der Waals surface area contributed by atoms with E-state index < -0.39 is 0 Å². The van der Waals surface area contributed by atoms with Crippen molar-refractivity contribution >= 4 is 5.91 Å². The fourth-order valence-electron chi connectivity index (χ4n) is 1.17. The van der Waals surface area contributed by atoms with E-state index in [1.165, 1.54) is 17.2 Å². The van der Waals surface area contributed by atoms with Gasteiger partial charge in [0.1, 0.15) is 5.75 Å². The molecule has 0 radical (unpaired) electrons. The van der Waals surface area contributed by atoms with Crippen LogP contribution in [-0.4, -0.2) is 41.0 Å². The van der Waals surface area contributed by atoms with Crippen LogP contribution in [0.4, 0.5) is 0 Å². The number of aromatic nitrogens is 1. The predicted octanol–water partition coefficient (Wildman–Crippen LogP) is 0.208. The molecule has 0 aromatic carbocycles. The minimum atomic E-state index is -0.290. The summed E-state index contributed by atoms with van der Waals surface area (Å²) in [6.45, 7) is 1.09. The summed E-state index contributed by atoms with van der Waals surface area (Å²) in [5.41, 5.74) is 5.42. The molecule has 5 nitrogen and oxygen atoms in total. The Kier molecular flexibility index (Phi) is 4.05. The second-order valence-electron chi connectivity index (χ2n) is 3.24. The van der Waals surface area contributed by atoms with Crippen molar-refractivity contribution in [3.63, 3.8) is 0 Å². The topological polar surface area (TPSA) is 79.5 Å². The molecule has 0 aliphatic rings. The molecule has 1 aromatic rings. The first kappa shape index (κ1) is 11.5. The maximum atomic E-state index is 11.7. The van der Waals surface area contributed by atoms with Crippen LogP contribution in [0.3, 0.4) is 0 Å². The maximum absolute atomic E-state index is 11.7.